The van der Waals surface area contributed by atoms with Gasteiger partial charge in [0.15, 0.2) is 5.78 Å². The summed E-state index contributed by atoms with van der Waals surface area (Å²) in [6.45, 7) is 5.40. The molecular weight excluding hydrogens is 371 g/mol. The Morgan fingerprint density at radius 2 is 1.70 bits per heavy atom. The molecule has 10 nitrogen and oxygen atoms in total. The average Bonchev–Trinajstić information content (AvgIpc) is 2.79. The van der Waals surface area contributed by atoms with Crippen LogP contribution < -0.4 is 40.2 Å². The van der Waals surface area contributed by atoms with Crippen LogP contribution in [-0.2, 0) is 26.2 Å². The van der Waals surface area contributed by atoms with Gasteiger partial charge < -0.3 is 14.9 Å². The molecule has 11 heteroatoms. The number of aryl methyl sites for hydroxylation is 1. The van der Waals surface area contributed by atoms with Crippen LogP contribution in [0.25, 0.3) is 0 Å². The maximum atomic E-state index is 10.7. The molecule has 0 saturated heterocycles. The van der Waals surface area contributed by atoms with E-state index in [-0.39, 0.29) is 54.9 Å². The number of hydrogen-bond donors (Lipinski definition) is 2. The number of esters is 1. The number of ketones is 2. The van der Waals surface area contributed by atoms with E-state index < -0.39 is 23.5 Å². The maximum Gasteiger partial charge on any atom is 1.00 e. The summed E-state index contributed by atoms with van der Waals surface area (Å²) in [5.74, 6) is -3.23. The summed E-state index contributed by atoms with van der Waals surface area (Å²) < 4.78 is 5.66. The molecule has 1 aromatic rings. The second kappa shape index (κ2) is 17.3. The number of aromatic nitrogens is 2. The van der Waals surface area contributed by atoms with E-state index in [9.17, 15) is 24.3 Å². The van der Waals surface area contributed by atoms with Crippen molar-refractivity contribution in [2.24, 2.45) is 7.05 Å². The predicted octanol–water partition coefficient (Wildman–Crippen LogP) is -2.97. The Hall–Kier alpha value is -2.17. The van der Waals surface area contributed by atoms with Crippen molar-refractivity contribution in [3.05, 3.63) is 33.9 Å². The molecule has 1 aromatic heterocycles. The number of ether oxygens (including phenoxy) is 1. The average molecular weight is 396 g/mol. The second-order valence-corrected chi connectivity index (χ2v) is 4.46. The van der Waals surface area contributed by atoms with Crippen LogP contribution in [-0.4, -0.2) is 45.0 Å². The van der Waals surface area contributed by atoms with E-state index in [1.807, 2.05) is 0 Å². The van der Waals surface area contributed by atoms with Crippen LogP contribution in [0.2, 0.25) is 0 Å². The summed E-state index contributed by atoms with van der Waals surface area (Å²) in [6.07, 6.45) is 0.645. The van der Waals surface area contributed by atoms with Crippen molar-refractivity contribution in [2.45, 2.75) is 35.1 Å². The Labute approximate surface area is 179 Å². The fourth-order valence-corrected chi connectivity index (χ4v) is 1.06. The van der Waals surface area contributed by atoms with Gasteiger partial charge in [-0.3, -0.25) is 29.0 Å². The van der Waals surface area contributed by atoms with Gasteiger partial charge in [-0.2, -0.15) is 0 Å². The normalized spacial score (nSPS) is 9.00. The molecule has 0 aromatic carbocycles. The molecule has 0 saturated carbocycles. The van der Waals surface area contributed by atoms with Crippen molar-refractivity contribution in [2.75, 3.05) is 6.61 Å². The van der Waals surface area contributed by atoms with Gasteiger partial charge in [0, 0.05) is 33.0 Å². The minimum Gasteiger partial charge on any atom is -0.870 e. The molecule has 0 atom stereocenters. The molecular formula is C16H25N2NaO8. The molecule has 0 radical (unpaired) electrons. The largest absolute Gasteiger partial charge is 1.00 e. The molecule has 1 heterocycles. The van der Waals surface area contributed by atoms with E-state index in [1.54, 1.807) is 14.0 Å². The summed E-state index contributed by atoms with van der Waals surface area (Å²) in [6, 6.07) is 1.28. The molecule has 148 valence electrons. The number of nitrogens with zero attached hydrogens (tertiary/aromatic N) is 1. The van der Waals surface area contributed by atoms with Gasteiger partial charge in [-0.25, -0.2) is 4.79 Å². The van der Waals surface area contributed by atoms with E-state index >= 15 is 0 Å². The number of hydrogen-bond acceptors (Lipinski definition) is 7. The van der Waals surface area contributed by atoms with Crippen LogP contribution in [0.4, 0.5) is 0 Å². The number of allylic oxidation sites excluding steroid dienone is 1. The van der Waals surface area contributed by atoms with E-state index in [2.05, 4.69) is 9.84 Å². The Balaban J connectivity index is -0.000000155. The van der Waals surface area contributed by atoms with Gasteiger partial charge in [-0.1, -0.05) is 13.2 Å². The van der Waals surface area contributed by atoms with Crippen LogP contribution >= 0.6 is 0 Å². The zero-order valence-electron chi connectivity index (χ0n) is 15.6. The van der Waals surface area contributed by atoms with Crippen LogP contribution in [0, 0.1) is 0 Å². The minimum atomic E-state index is -0.833. The summed E-state index contributed by atoms with van der Waals surface area (Å²) in [4.78, 5) is 51.2. The molecule has 2 N–H and O–H groups in total. The van der Waals surface area contributed by atoms with Gasteiger partial charge in [-0.15, -0.1) is 0 Å². The summed E-state index contributed by atoms with van der Waals surface area (Å²) >= 11 is 0. The number of carbonyl (C=O) groups is 4. The topological polar surface area (TPSA) is 159 Å². The van der Waals surface area contributed by atoms with Gasteiger partial charge in [0.25, 0.3) is 11.5 Å². The monoisotopic (exact) mass is 396 g/mol. The smallest absolute Gasteiger partial charge is 0.870 e. The predicted molar refractivity (Wildman–Crippen MR) is 91.5 cm³/mol. The molecule has 0 aliphatic heterocycles. The molecule has 0 bridgehead atoms. The Morgan fingerprint density at radius 3 is 1.93 bits per heavy atom. The fourth-order valence-electron chi connectivity index (χ4n) is 1.06. The standard InChI is InChI=1S/C7H10O4.C6H8N2O2.C2H4O2.CH4.Na/c1-3-11-7(10)4-6(9)5(2)8;1-4(9)5-3-6(10)8(2)7-5;1-2(3)4;;/h4,9H,3H2,1-2H3;3,7H,1-2H3;1H3,(H,3,4);1H4;/q;;;;+1/p-1/b6-4-;;;;. The molecule has 0 aliphatic carbocycles. The summed E-state index contributed by atoms with van der Waals surface area (Å²) in [7, 11) is 1.56. The number of Topliss-reactive ketones (excluding diaryl/α,β-unsaturated/α-hetero) is 2. The third-order valence-electron chi connectivity index (χ3n) is 2.15. The molecule has 0 spiro atoms. The zero-order valence-corrected chi connectivity index (χ0v) is 17.6. The Bertz CT molecular complexity index is 700. The first-order valence-corrected chi connectivity index (χ1v) is 6.95. The second-order valence-electron chi connectivity index (χ2n) is 4.46. The number of aliphatic carboxylic acids is 1. The van der Waals surface area contributed by atoms with Crippen molar-refractivity contribution in [1.29, 1.82) is 0 Å². The third-order valence-corrected chi connectivity index (χ3v) is 2.15. The van der Waals surface area contributed by atoms with Crippen molar-refractivity contribution >= 4 is 23.5 Å². The summed E-state index contributed by atoms with van der Waals surface area (Å²) in [5, 5.41) is 20.5. The zero-order chi connectivity index (χ0) is 20.2. The number of rotatable bonds is 4. The van der Waals surface area contributed by atoms with Crippen molar-refractivity contribution in [3.63, 3.8) is 0 Å². The van der Waals surface area contributed by atoms with Gasteiger partial charge in [-0.05, 0) is 13.8 Å². The van der Waals surface area contributed by atoms with Gasteiger partial charge >= 0.3 is 35.5 Å². The molecule has 0 fully saturated rings. The van der Waals surface area contributed by atoms with Gasteiger partial charge in [0.1, 0.15) is 11.5 Å². The first-order chi connectivity index (χ1) is 11.4. The number of H-pyrrole nitrogens is 1. The number of nitrogens with one attached hydrogen (secondary N) is 1. The number of carbonyl (C=O) groups excluding carboxylic acids is 3. The Kier molecular flexibility index (Phi) is 20.8. The summed E-state index contributed by atoms with van der Waals surface area (Å²) in [5.41, 5.74) is 0.165. The van der Waals surface area contributed by atoms with Crippen molar-refractivity contribution < 1.29 is 63.7 Å². The first-order valence-electron chi connectivity index (χ1n) is 6.95. The van der Waals surface area contributed by atoms with Crippen molar-refractivity contribution in [3.8, 4) is 0 Å². The third kappa shape index (κ3) is 18.4. The van der Waals surface area contributed by atoms with Gasteiger partial charge in [0.05, 0.1) is 6.61 Å². The quantitative estimate of drug-likeness (QED) is 0.179. The molecule has 27 heavy (non-hydrogen) atoms. The van der Waals surface area contributed by atoms with Crippen LogP contribution in [0.1, 0.15) is 45.6 Å². The van der Waals surface area contributed by atoms with E-state index in [4.69, 9.17) is 9.90 Å². The van der Waals surface area contributed by atoms with Crippen LogP contribution in [0.3, 0.4) is 0 Å². The number of carboxylic acid groups (broad SMARTS) is 1. The fraction of sp³-hybridized carbons (Fsp3) is 0.438. The van der Waals surface area contributed by atoms with E-state index in [0.717, 1.165) is 13.8 Å². The molecule has 0 amide bonds. The Morgan fingerprint density at radius 1 is 1.26 bits per heavy atom. The van der Waals surface area contributed by atoms with E-state index in [1.165, 1.54) is 17.7 Å². The van der Waals surface area contributed by atoms with Crippen LogP contribution in [0.15, 0.2) is 22.7 Å². The van der Waals surface area contributed by atoms with E-state index in [0.29, 0.717) is 11.8 Å². The maximum absolute atomic E-state index is 10.7. The van der Waals surface area contributed by atoms with Crippen molar-refractivity contribution in [1.82, 2.24) is 9.78 Å². The molecule has 1 rings (SSSR count). The number of carboxylic acids is 1. The minimum absolute atomic E-state index is 0. The molecule has 0 aliphatic rings. The first kappa shape index (κ1) is 32.5. The van der Waals surface area contributed by atoms with Crippen LogP contribution in [0.5, 0.6) is 0 Å². The molecule has 0 unspecified atom stereocenters. The SMILES string of the molecule is C.CC(=O)O.CC(=O)c1cc(=O)n(C)[nH]1.CCOC(=O)/C=C(\[O-])C(C)=O.[Na+]. The number of aromatic amines is 1. The van der Waals surface area contributed by atoms with Gasteiger partial charge in [0.2, 0.25) is 0 Å².